The van der Waals surface area contributed by atoms with Crippen LogP contribution in [0.5, 0.6) is 0 Å². The molecule has 0 aliphatic heterocycles. The van der Waals surface area contributed by atoms with Gasteiger partial charge in [0.1, 0.15) is 0 Å². The van der Waals surface area contributed by atoms with E-state index in [1.54, 1.807) is 6.20 Å². The molecule has 94 valence electrons. The van der Waals surface area contributed by atoms with Crippen molar-refractivity contribution in [1.82, 2.24) is 10.3 Å². The third kappa shape index (κ3) is 3.15. The van der Waals surface area contributed by atoms with E-state index >= 15 is 0 Å². The summed E-state index contributed by atoms with van der Waals surface area (Å²) in [5, 5.41) is 12.8. The molecule has 0 aliphatic rings. The number of hydrogen-bond acceptors (Lipinski definition) is 3. The van der Waals surface area contributed by atoms with Crippen LogP contribution >= 0.6 is 0 Å². The molecule has 2 rings (SSSR count). The van der Waals surface area contributed by atoms with Crippen LogP contribution in [-0.2, 0) is 6.54 Å². The van der Waals surface area contributed by atoms with Gasteiger partial charge in [-0.3, -0.25) is 4.98 Å². The Morgan fingerprint density at radius 3 is 2.67 bits per heavy atom. The fourth-order valence-electron chi connectivity index (χ4n) is 1.89. The lowest BCUT2D eigenvalue weighted by Gasteiger charge is -2.17. The van der Waals surface area contributed by atoms with Gasteiger partial charge < -0.3 is 10.4 Å². The number of hydrogen-bond donors (Lipinski definition) is 2. The molecule has 0 amide bonds. The zero-order chi connectivity index (χ0) is 12.8. The second-order valence-corrected chi connectivity index (χ2v) is 4.33. The summed E-state index contributed by atoms with van der Waals surface area (Å²) < 4.78 is 0. The maximum atomic E-state index is 9.45. The first kappa shape index (κ1) is 12.7. The summed E-state index contributed by atoms with van der Waals surface area (Å²) in [4.78, 5) is 4.12. The third-order valence-corrected chi connectivity index (χ3v) is 3.07. The van der Waals surface area contributed by atoms with E-state index in [0.29, 0.717) is 6.54 Å². The van der Waals surface area contributed by atoms with Crippen LogP contribution in [0.1, 0.15) is 22.7 Å². The summed E-state index contributed by atoms with van der Waals surface area (Å²) in [6.07, 6.45) is 3.65. The summed E-state index contributed by atoms with van der Waals surface area (Å²) in [5.74, 6) is 0. The minimum atomic E-state index is -0.0363. The molecule has 0 aliphatic carbocycles. The van der Waals surface area contributed by atoms with Gasteiger partial charge in [0, 0.05) is 18.9 Å². The van der Waals surface area contributed by atoms with Gasteiger partial charge in [-0.15, -0.1) is 0 Å². The van der Waals surface area contributed by atoms with Crippen molar-refractivity contribution in [3.05, 3.63) is 65.5 Å². The van der Waals surface area contributed by atoms with Gasteiger partial charge in [-0.1, -0.05) is 30.3 Å². The second-order valence-electron chi connectivity index (χ2n) is 4.33. The molecule has 3 heteroatoms. The molecule has 1 aromatic carbocycles. The zero-order valence-electron chi connectivity index (χ0n) is 10.5. The fourth-order valence-corrected chi connectivity index (χ4v) is 1.89. The minimum absolute atomic E-state index is 0.0363. The monoisotopic (exact) mass is 242 g/mol. The van der Waals surface area contributed by atoms with Crippen molar-refractivity contribution in [2.45, 2.75) is 19.5 Å². The van der Waals surface area contributed by atoms with E-state index in [1.165, 1.54) is 5.56 Å². The molecule has 1 heterocycles. The molecule has 3 nitrogen and oxygen atoms in total. The Kier molecular flexibility index (Phi) is 4.45. The minimum Gasteiger partial charge on any atom is -0.394 e. The van der Waals surface area contributed by atoms with Crippen LogP contribution in [0.2, 0.25) is 0 Å². The smallest absolute Gasteiger partial charge is 0.0626 e. The van der Waals surface area contributed by atoms with Gasteiger partial charge in [-0.2, -0.15) is 0 Å². The molecular weight excluding hydrogens is 224 g/mol. The van der Waals surface area contributed by atoms with Gasteiger partial charge in [0.2, 0.25) is 0 Å². The summed E-state index contributed by atoms with van der Waals surface area (Å²) in [5.41, 5.74) is 3.47. The first-order valence-corrected chi connectivity index (χ1v) is 6.10. The molecule has 1 unspecified atom stereocenters. The van der Waals surface area contributed by atoms with Crippen LogP contribution in [0.15, 0.2) is 48.8 Å². The van der Waals surface area contributed by atoms with Crippen molar-refractivity contribution < 1.29 is 5.11 Å². The number of aromatic nitrogens is 1. The number of nitrogens with zero attached hydrogens (tertiary/aromatic N) is 1. The number of aliphatic hydroxyl groups is 1. The van der Waals surface area contributed by atoms with Crippen molar-refractivity contribution >= 4 is 0 Å². The fraction of sp³-hybridized carbons (Fsp3) is 0.267. The molecule has 1 atom stereocenters. The Morgan fingerprint density at radius 1 is 1.22 bits per heavy atom. The summed E-state index contributed by atoms with van der Waals surface area (Å²) in [7, 11) is 0. The highest BCUT2D eigenvalue weighted by atomic mass is 16.3. The van der Waals surface area contributed by atoms with Crippen molar-refractivity contribution in [1.29, 1.82) is 0 Å². The average molecular weight is 242 g/mol. The Morgan fingerprint density at radius 2 is 2.00 bits per heavy atom. The maximum Gasteiger partial charge on any atom is 0.0626 e. The number of nitrogens with one attached hydrogen (secondary N) is 1. The topological polar surface area (TPSA) is 45.2 Å². The highest BCUT2D eigenvalue weighted by Crippen LogP contribution is 2.13. The van der Waals surface area contributed by atoms with E-state index in [9.17, 15) is 5.11 Å². The molecule has 2 N–H and O–H groups in total. The lowest BCUT2D eigenvalue weighted by molar-refractivity contribution is 0.243. The van der Waals surface area contributed by atoms with E-state index < -0.39 is 0 Å². The van der Waals surface area contributed by atoms with Crippen LogP contribution in [-0.4, -0.2) is 16.7 Å². The largest absolute Gasteiger partial charge is 0.394 e. The van der Waals surface area contributed by atoms with E-state index in [4.69, 9.17) is 0 Å². The van der Waals surface area contributed by atoms with Crippen molar-refractivity contribution in [2.75, 3.05) is 6.61 Å². The summed E-state index contributed by atoms with van der Waals surface area (Å²) >= 11 is 0. The lowest BCUT2D eigenvalue weighted by atomic mass is 10.1. The molecule has 0 fully saturated rings. The summed E-state index contributed by atoms with van der Waals surface area (Å²) in [6.45, 7) is 2.86. The number of pyridine rings is 1. The number of aliphatic hydroxyl groups excluding tert-OH is 1. The van der Waals surface area contributed by atoms with Crippen molar-refractivity contribution in [2.24, 2.45) is 0 Å². The van der Waals surface area contributed by atoms with Gasteiger partial charge >= 0.3 is 0 Å². The molecule has 0 radical (unpaired) electrons. The predicted octanol–water partition coefficient (Wildman–Crippen LogP) is 2.21. The highest BCUT2D eigenvalue weighted by Gasteiger charge is 2.09. The van der Waals surface area contributed by atoms with Crippen molar-refractivity contribution in [3.63, 3.8) is 0 Å². The molecular formula is C15H18N2O. The average Bonchev–Trinajstić information content (AvgIpc) is 2.42. The van der Waals surface area contributed by atoms with Gasteiger partial charge in [0.15, 0.2) is 0 Å². The number of benzene rings is 1. The Hall–Kier alpha value is -1.71. The van der Waals surface area contributed by atoms with Crippen LogP contribution in [0, 0.1) is 6.92 Å². The van der Waals surface area contributed by atoms with Crippen LogP contribution in [0.3, 0.4) is 0 Å². The van der Waals surface area contributed by atoms with Gasteiger partial charge in [0.25, 0.3) is 0 Å². The molecule has 0 bridgehead atoms. The zero-order valence-corrected chi connectivity index (χ0v) is 10.5. The van der Waals surface area contributed by atoms with Gasteiger partial charge in [-0.05, 0) is 29.7 Å². The third-order valence-electron chi connectivity index (χ3n) is 3.07. The quantitative estimate of drug-likeness (QED) is 0.845. The molecule has 0 saturated carbocycles. The molecule has 2 aromatic rings. The first-order valence-electron chi connectivity index (χ1n) is 6.10. The van der Waals surface area contributed by atoms with Crippen LogP contribution in [0.4, 0.5) is 0 Å². The normalized spacial score (nSPS) is 12.3. The Labute approximate surface area is 108 Å². The maximum absolute atomic E-state index is 9.45. The van der Waals surface area contributed by atoms with Crippen LogP contribution < -0.4 is 5.32 Å². The Bertz CT molecular complexity index is 485. The Balaban J connectivity index is 2.02. The summed E-state index contributed by atoms with van der Waals surface area (Å²) in [6, 6.07) is 11.9. The predicted molar refractivity (Wildman–Crippen MR) is 72.1 cm³/mol. The molecule has 1 aromatic heterocycles. The van der Waals surface area contributed by atoms with Crippen molar-refractivity contribution in [3.8, 4) is 0 Å². The lowest BCUT2D eigenvalue weighted by Crippen LogP contribution is -2.24. The number of rotatable bonds is 5. The second kappa shape index (κ2) is 6.28. The molecule has 18 heavy (non-hydrogen) atoms. The van der Waals surface area contributed by atoms with E-state index in [1.807, 2.05) is 42.6 Å². The molecule has 0 spiro atoms. The molecule has 0 saturated heterocycles. The standard InChI is InChI=1S/C15H18N2O/c1-12-7-8-16-9-14(12)10-17-15(11-18)13-5-3-2-4-6-13/h2-9,15,17-18H,10-11H2,1H3. The SMILES string of the molecule is Cc1ccncc1CNC(CO)c1ccccc1. The van der Waals surface area contributed by atoms with Crippen LogP contribution in [0.25, 0.3) is 0 Å². The van der Waals surface area contributed by atoms with E-state index in [2.05, 4.69) is 17.2 Å². The highest BCUT2D eigenvalue weighted by molar-refractivity contribution is 5.23. The number of aryl methyl sites for hydroxylation is 1. The van der Waals surface area contributed by atoms with Gasteiger partial charge in [0.05, 0.1) is 12.6 Å². The van der Waals surface area contributed by atoms with E-state index in [0.717, 1.165) is 11.1 Å². The van der Waals surface area contributed by atoms with Gasteiger partial charge in [-0.25, -0.2) is 0 Å². The first-order chi connectivity index (χ1) is 8.81. The van der Waals surface area contributed by atoms with E-state index in [-0.39, 0.29) is 12.6 Å².